The maximum atomic E-state index is 13.7. The van der Waals surface area contributed by atoms with Gasteiger partial charge in [0.1, 0.15) is 17.3 Å². The molecular formula is C27H32N4O6S. The lowest BCUT2D eigenvalue weighted by Crippen LogP contribution is -2.47. The van der Waals surface area contributed by atoms with E-state index in [2.05, 4.69) is 15.8 Å². The molecule has 202 valence electrons. The number of nitrogens with zero attached hydrogens (tertiary/aromatic N) is 2. The molecule has 1 aromatic carbocycles. The first-order chi connectivity index (χ1) is 18.4. The number of aromatic nitrogens is 1. The van der Waals surface area contributed by atoms with E-state index in [4.69, 9.17) is 13.7 Å². The first-order valence-corrected chi connectivity index (χ1v) is 13.7. The lowest BCUT2D eigenvalue weighted by Gasteiger charge is -2.32. The van der Waals surface area contributed by atoms with Crippen LogP contribution >= 0.6 is 11.8 Å². The van der Waals surface area contributed by atoms with Crippen molar-refractivity contribution in [3.8, 4) is 5.75 Å². The molecule has 0 saturated heterocycles. The summed E-state index contributed by atoms with van der Waals surface area (Å²) in [5, 5.41) is 9.51. The Labute approximate surface area is 225 Å². The predicted octanol–water partition coefficient (Wildman–Crippen LogP) is 4.48. The summed E-state index contributed by atoms with van der Waals surface area (Å²) < 4.78 is 15.9. The maximum absolute atomic E-state index is 13.7. The van der Waals surface area contributed by atoms with Gasteiger partial charge in [0.25, 0.3) is 5.91 Å². The highest BCUT2D eigenvalue weighted by Crippen LogP contribution is 2.31. The van der Waals surface area contributed by atoms with Crippen molar-refractivity contribution in [1.82, 2.24) is 10.5 Å². The van der Waals surface area contributed by atoms with Gasteiger partial charge in [-0.2, -0.15) is 0 Å². The van der Waals surface area contributed by atoms with Gasteiger partial charge < -0.3 is 24.3 Å². The number of thioether (sulfide) groups is 1. The van der Waals surface area contributed by atoms with E-state index in [1.165, 1.54) is 11.2 Å². The molecule has 0 spiro atoms. The van der Waals surface area contributed by atoms with Crippen LogP contribution in [0.2, 0.25) is 0 Å². The number of furan rings is 1. The molecule has 0 aliphatic heterocycles. The molecule has 1 saturated carbocycles. The Morgan fingerprint density at radius 2 is 1.89 bits per heavy atom. The Balaban J connectivity index is 1.52. The van der Waals surface area contributed by atoms with Crippen LogP contribution in [-0.2, 0) is 14.4 Å². The quantitative estimate of drug-likeness (QED) is 0.365. The number of hydrogen-bond acceptors (Lipinski definition) is 8. The van der Waals surface area contributed by atoms with Crippen molar-refractivity contribution >= 4 is 41.0 Å². The van der Waals surface area contributed by atoms with Crippen molar-refractivity contribution in [3.63, 3.8) is 0 Å². The molecule has 38 heavy (non-hydrogen) atoms. The second kappa shape index (κ2) is 13.2. The Hall–Kier alpha value is -3.73. The topological polar surface area (TPSA) is 127 Å². The summed E-state index contributed by atoms with van der Waals surface area (Å²) in [6.45, 7) is 1.73. The van der Waals surface area contributed by atoms with Crippen LogP contribution in [0, 0.1) is 6.92 Å². The highest BCUT2D eigenvalue weighted by Gasteiger charge is 2.36. The summed E-state index contributed by atoms with van der Waals surface area (Å²) in [7, 11) is 1.56. The average Bonchev–Trinajstić information content (AvgIpc) is 3.59. The molecule has 0 bridgehead atoms. The van der Waals surface area contributed by atoms with Crippen molar-refractivity contribution in [2.45, 2.75) is 51.1 Å². The number of nitrogens with one attached hydrogen (secondary N) is 2. The van der Waals surface area contributed by atoms with E-state index >= 15 is 0 Å². The van der Waals surface area contributed by atoms with E-state index in [-0.39, 0.29) is 35.3 Å². The molecule has 11 heteroatoms. The van der Waals surface area contributed by atoms with Gasteiger partial charge >= 0.3 is 0 Å². The number of ether oxygens (including phenoxy) is 1. The first-order valence-electron chi connectivity index (χ1n) is 12.6. The fraction of sp³-hybridized carbons (Fsp3) is 0.407. The third kappa shape index (κ3) is 7.18. The molecule has 4 rings (SSSR count). The van der Waals surface area contributed by atoms with Gasteiger partial charge in [0.05, 0.1) is 24.9 Å². The van der Waals surface area contributed by atoms with Crippen LogP contribution in [0.1, 0.15) is 49.7 Å². The summed E-state index contributed by atoms with van der Waals surface area (Å²) >= 11 is 1.14. The van der Waals surface area contributed by atoms with Crippen LogP contribution in [0.4, 0.5) is 11.5 Å². The number of anilines is 2. The van der Waals surface area contributed by atoms with Crippen LogP contribution in [0.15, 0.2) is 57.7 Å². The minimum absolute atomic E-state index is 0.0216. The van der Waals surface area contributed by atoms with Crippen molar-refractivity contribution in [1.29, 1.82) is 0 Å². The smallest absolute Gasteiger partial charge is 0.251 e. The van der Waals surface area contributed by atoms with E-state index in [0.717, 1.165) is 43.9 Å². The normalized spacial score (nSPS) is 14.5. The van der Waals surface area contributed by atoms with Crippen LogP contribution in [-0.4, -0.2) is 47.5 Å². The molecule has 1 atom stereocenters. The van der Waals surface area contributed by atoms with E-state index in [1.54, 1.807) is 56.5 Å². The number of hydrogen-bond donors (Lipinski definition) is 2. The summed E-state index contributed by atoms with van der Waals surface area (Å²) in [5.41, 5.74) is 0.513. The molecule has 1 fully saturated rings. The Kier molecular flexibility index (Phi) is 9.47. The second-order valence-corrected chi connectivity index (χ2v) is 10.1. The van der Waals surface area contributed by atoms with Crippen LogP contribution in [0.3, 0.4) is 0 Å². The second-order valence-electron chi connectivity index (χ2n) is 9.09. The summed E-state index contributed by atoms with van der Waals surface area (Å²) in [4.78, 5) is 41.1. The van der Waals surface area contributed by atoms with E-state index in [1.807, 2.05) is 0 Å². The van der Waals surface area contributed by atoms with Crippen molar-refractivity contribution in [2.24, 2.45) is 0 Å². The van der Waals surface area contributed by atoms with Gasteiger partial charge in [0, 0.05) is 17.8 Å². The van der Waals surface area contributed by atoms with E-state index in [9.17, 15) is 14.4 Å². The van der Waals surface area contributed by atoms with Crippen LogP contribution in [0.5, 0.6) is 5.75 Å². The fourth-order valence-corrected chi connectivity index (χ4v) is 5.11. The van der Waals surface area contributed by atoms with Crippen molar-refractivity contribution in [3.05, 3.63) is 60.2 Å². The van der Waals surface area contributed by atoms with Crippen molar-refractivity contribution < 1.29 is 28.1 Å². The van der Waals surface area contributed by atoms with Crippen LogP contribution < -0.4 is 20.3 Å². The SMILES string of the molecule is COc1ccc(N(C(=O)CSCC(=O)Nc2cc(C)on2)C(C(=O)NC2CCCCC2)c2ccco2)cc1. The number of methoxy groups -OCH3 is 1. The average molecular weight is 541 g/mol. The Morgan fingerprint density at radius 1 is 1.13 bits per heavy atom. The number of carbonyl (C=O) groups excluding carboxylic acids is 3. The molecule has 3 amide bonds. The lowest BCUT2D eigenvalue weighted by atomic mass is 9.95. The van der Waals surface area contributed by atoms with Gasteiger partial charge in [-0.15, -0.1) is 11.8 Å². The highest BCUT2D eigenvalue weighted by molar-refractivity contribution is 8.00. The molecule has 2 heterocycles. The number of carbonyl (C=O) groups is 3. The van der Waals surface area contributed by atoms with Crippen molar-refractivity contribution in [2.75, 3.05) is 28.8 Å². The Bertz CT molecular complexity index is 1200. The van der Waals surface area contributed by atoms with Gasteiger partial charge in [-0.3, -0.25) is 19.3 Å². The van der Waals surface area contributed by atoms with E-state index < -0.39 is 6.04 Å². The van der Waals surface area contributed by atoms with Crippen LogP contribution in [0.25, 0.3) is 0 Å². The van der Waals surface area contributed by atoms with Gasteiger partial charge in [0.15, 0.2) is 11.9 Å². The fourth-order valence-electron chi connectivity index (χ4n) is 4.43. The minimum Gasteiger partial charge on any atom is -0.497 e. The number of amides is 3. The maximum Gasteiger partial charge on any atom is 0.251 e. The number of rotatable bonds is 11. The summed E-state index contributed by atoms with van der Waals surface area (Å²) in [6, 6.07) is 10.9. The summed E-state index contributed by atoms with van der Waals surface area (Å²) in [5.74, 6) is 0.891. The molecule has 2 aromatic heterocycles. The number of aryl methyl sites for hydroxylation is 1. The third-order valence-electron chi connectivity index (χ3n) is 6.24. The molecule has 0 radical (unpaired) electrons. The molecule has 10 nitrogen and oxygen atoms in total. The molecule has 2 N–H and O–H groups in total. The number of benzene rings is 1. The third-order valence-corrected chi connectivity index (χ3v) is 7.16. The zero-order chi connectivity index (χ0) is 26.9. The largest absolute Gasteiger partial charge is 0.497 e. The summed E-state index contributed by atoms with van der Waals surface area (Å²) in [6.07, 6.45) is 6.57. The van der Waals surface area contributed by atoms with Gasteiger partial charge in [-0.25, -0.2) is 0 Å². The standard InChI is InChI=1S/C27H32N4O6S/c1-18-15-23(30-37-18)29-24(32)16-38-17-25(33)31(20-10-12-21(35-2)13-11-20)26(22-9-6-14-36-22)27(34)28-19-7-4-3-5-8-19/h6,9-15,19,26H,3-5,7-8,16-17H2,1-2H3,(H,28,34)(H,29,30,32). The molecule has 1 aliphatic rings. The zero-order valence-corrected chi connectivity index (χ0v) is 22.3. The Morgan fingerprint density at radius 3 is 2.53 bits per heavy atom. The molecule has 1 unspecified atom stereocenters. The van der Waals surface area contributed by atoms with Gasteiger partial charge in [0.2, 0.25) is 11.8 Å². The monoisotopic (exact) mass is 540 g/mol. The van der Waals surface area contributed by atoms with Gasteiger partial charge in [-0.1, -0.05) is 24.4 Å². The zero-order valence-electron chi connectivity index (χ0n) is 21.5. The molecule has 3 aromatic rings. The van der Waals surface area contributed by atoms with E-state index in [0.29, 0.717) is 28.8 Å². The van der Waals surface area contributed by atoms with Gasteiger partial charge in [-0.05, 0) is 56.2 Å². The lowest BCUT2D eigenvalue weighted by molar-refractivity contribution is -0.127. The molecule has 1 aliphatic carbocycles. The predicted molar refractivity (Wildman–Crippen MR) is 144 cm³/mol. The first kappa shape index (κ1) is 27.3. The molecular weight excluding hydrogens is 508 g/mol. The highest BCUT2D eigenvalue weighted by atomic mass is 32.2. The minimum atomic E-state index is -1.01.